The Hall–Kier alpha value is -0.650. The predicted octanol–water partition coefficient (Wildman–Crippen LogP) is 0.175. The van der Waals surface area contributed by atoms with Gasteiger partial charge in [0.1, 0.15) is 9.84 Å². The fourth-order valence-corrected chi connectivity index (χ4v) is 6.28. The van der Waals surface area contributed by atoms with Crippen LogP contribution in [0.25, 0.3) is 0 Å². The summed E-state index contributed by atoms with van der Waals surface area (Å²) >= 11 is 0. The molecule has 1 saturated carbocycles. The van der Waals surface area contributed by atoms with Gasteiger partial charge in [-0.05, 0) is 25.7 Å². The molecule has 2 rings (SSSR count). The first kappa shape index (κ1) is 14.8. The molecule has 2 fully saturated rings. The summed E-state index contributed by atoms with van der Waals surface area (Å²) in [6.07, 6.45) is 2.57. The third-order valence-electron chi connectivity index (χ3n) is 3.94. The van der Waals surface area contributed by atoms with Crippen LogP contribution in [-0.2, 0) is 19.9 Å². The molecule has 0 bridgehead atoms. The molecule has 2 atom stereocenters. The van der Waals surface area contributed by atoms with E-state index in [0.29, 0.717) is 6.42 Å². The molecule has 0 radical (unpaired) electrons. The van der Waals surface area contributed by atoms with Crippen molar-refractivity contribution in [3.8, 4) is 6.07 Å². The molecule has 1 heterocycles. The van der Waals surface area contributed by atoms with Crippen molar-refractivity contribution in [2.45, 2.75) is 43.4 Å². The molecular weight excluding hydrogens is 288 g/mol. The number of hydrogen-bond donors (Lipinski definition) is 1. The first-order chi connectivity index (χ1) is 8.84. The third kappa shape index (κ3) is 3.46. The molecule has 2 unspecified atom stereocenters. The Morgan fingerprint density at radius 3 is 2.32 bits per heavy atom. The molecule has 108 valence electrons. The number of rotatable bonds is 3. The summed E-state index contributed by atoms with van der Waals surface area (Å²) in [7, 11) is -6.59. The number of nitriles is 1. The van der Waals surface area contributed by atoms with Gasteiger partial charge < -0.3 is 0 Å². The molecule has 1 aliphatic carbocycles. The lowest BCUT2D eigenvalue weighted by molar-refractivity contribution is 0.499. The second kappa shape index (κ2) is 5.38. The predicted molar refractivity (Wildman–Crippen MR) is 70.5 cm³/mol. The summed E-state index contributed by atoms with van der Waals surface area (Å²) in [5, 5.41) is 8.31. The minimum atomic E-state index is -3.53. The molecule has 2 aliphatic rings. The SMILES string of the molecule is N#CC1CCCC1NS(=O)(=O)C1CCS(=O)(=O)CC1. The molecule has 0 aromatic rings. The largest absolute Gasteiger partial charge is 0.229 e. The highest BCUT2D eigenvalue weighted by molar-refractivity contribution is 7.92. The summed E-state index contributed by atoms with van der Waals surface area (Å²) < 4.78 is 49.6. The lowest BCUT2D eigenvalue weighted by atomic mass is 10.1. The minimum absolute atomic E-state index is 0.0646. The lowest BCUT2D eigenvalue weighted by Crippen LogP contribution is -2.45. The van der Waals surface area contributed by atoms with E-state index in [1.165, 1.54) is 0 Å². The second-order valence-corrected chi connectivity index (χ2v) is 9.58. The van der Waals surface area contributed by atoms with E-state index in [2.05, 4.69) is 10.8 Å². The molecule has 0 aromatic carbocycles. The van der Waals surface area contributed by atoms with Crippen LogP contribution in [0.15, 0.2) is 0 Å². The van der Waals surface area contributed by atoms with E-state index >= 15 is 0 Å². The van der Waals surface area contributed by atoms with E-state index in [-0.39, 0.29) is 36.3 Å². The average Bonchev–Trinajstić information content (AvgIpc) is 2.75. The van der Waals surface area contributed by atoms with E-state index < -0.39 is 25.1 Å². The Bertz CT molecular complexity index is 562. The molecule has 1 N–H and O–H groups in total. The standard InChI is InChI=1S/C11H18N2O4S2/c12-8-9-2-1-3-11(9)13-19(16,17)10-4-6-18(14,15)7-5-10/h9-11,13H,1-7H2. The Morgan fingerprint density at radius 2 is 1.74 bits per heavy atom. The minimum Gasteiger partial charge on any atom is -0.229 e. The smallest absolute Gasteiger partial charge is 0.214 e. The van der Waals surface area contributed by atoms with E-state index in [1.807, 2.05) is 0 Å². The van der Waals surface area contributed by atoms with Crippen molar-refractivity contribution in [2.24, 2.45) is 5.92 Å². The highest BCUT2D eigenvalue weighted by atomic mass is 32.2. The van der Waals surface area contributed by atoms with Crippen molar-refractivity contribution in [3.05, 3.63) is 0 Å². The summed E-state index contributed by atoms with van der Waals surface area (Å²) in [6, 6.07) is 1.82. The van der Waals surface area contributed by atoms with Crippen molar-refractivity contribution in [1.82, 2.24) is 4.72 Å². The van der Waals surface area contributed by atoms with Crippen LogP contribution in [0.5, 0.6) is 0 Å². The van der Waals surface area contributed by atoms with Gasteiger partial charge in [-0.1, -0.05) is 6.42 Å². The first-order valence-electron chi connectivity index (χ1n) is 6.45. The Labute approximate surface area is 114 Å². The van der Waals surface area contributed by atoms with E-state index in [1.54, 1.807) is 0 Å². The zero-order chi connectivity index (χ0) is 14.1. The molecule has 6 nitrogen and oxygen atoms in total. The number of sulfonamides is 1. The number of hydrogen-bond acceptors (Lipinski definition) is 5. The van der Waals surface area contributed by atoms with Crippen molar-refractivity contribution in [1.29, 1.82) is 5.26 Å². The topological polar surface area (TPSA) is 104 Å². The summed E-state index contributed by atoms with van der Waals surface area (Å²) in [5.41, 5.74) is 0. The Morgan fingerprint density at radius 1 is 1.11 bits per heavy atom. The molecule has 19 heavy (non-hydrogen) atoms. The second-order valence-electron chi connectivity index (χ2n) is 5.29. The maximum Gasteiger partial charge on any atom is 0.214 e. The lowest BCUT2D eigenvalue weighted by Gasteiger charge is -2.25. The van der Waals surface area contributed by atoms with E-state index in [9.17, 15) is 16.8 Å². The van der Waals surface area contributed by atoms with Crippen LogP contribution in [0.1, 0.15) is 32.1 Å². The summed E-state index contributed by atoms with van der Waals surface area (Å²) in [6.45, 7) is 0. The number of nitrogens with zero attached hydrogens (tertiary/aromatic N) is 1. The van der Waals surface area contributed by atoms with Crippen LogP contribution < -0.4 is 4.72 Å². The Balaban J connectivity index is 2.02. The zero-order valence-corrected chi connectivity index (χ0v) is 12.2. The number of nitrogens with one attached hydrogen (secondary N) is 1. The summed E-state index contributed by atoms with van der Waals surface area (Å²) in [5.74, 6) is -0.391. The van der Waals surface area contributed by atoms with Crippen LogP contribution in [0.4, 0.5) is 0 Å². The van der Waals surface area contributed by atoms with Crippen molar-refractivity contribution >= 4 is 19.9 Å². The molecule has 0 aromatic heterocycles. The summed E-state index contributed by atoms with van der Waals surface area (Å²) in [4.78, 5) is 0. The highest BCUT2D eigenvalue weighted by Crippen LogP contribution is 2.27. The normalized spacial score (nSPS) is 31.9. The van der Waals surface area contributed by atoms with E-state index in [4.69, 9.17) is 5.26 Å². The van der Waals surface area contributed by atoms with Gasteiger partial charge in [-0.25, -0.2) is 21.6 Å². The van der Waals surface area contributed by atoms with Gasteiger partial charge in [0, 0.05) is 6.04 Å². The van der Waals surface area contributed by atoms with Crippen LogP contribution in [-0.4, -0.2) is 39.6 Å². The molecule has 1 saturated heterocycles. The van der Waals surface area contributed by atoms with Crippen molar-refractivity contribution < 1.29 is 16.8 Å². The first-order valence-corrected chi connectivity index (χ1v) is 9.82. The zero-order valence-electron chi connectivity index (χ0n) is 10.6. The molecule has 8 heteroatoms. The van der Waals surface area contributed by atoms with Crippen LogP contribution in [0.3, 0.4) is 0 Å². The molecule has 0 spiro atoms. The molecule has 0 amide bonds. The molecular formula is C11H18N2O4S2. The van der Waals surface area contributed by atoms with Gasteiger partial charge in [-0.15, -0.1) is 0 Å². The highest BCUT2D eigenvalue weighted by Gasteiger charge is 2.37. The van der Waals surface area contributed by atoms with Crippen molar-refractivity contribution in [3.63, 3.8) is 0 Å². The van der Waals surface area contributed by atoms with E-state index in [0.717, 1.165) is 12.8 Å². The van der Waals surface area contributed by atoms with Gasteiger partial charge >= 0.3 is 0 Å². The monoisotopic (exact) mass is 306 g/mol. The van der Waals surface area contributed by atoms with Crippen molar-refractivity contribution in [2.75, 3.05) is 11.5 Å². The van der Waals surface area contributed by atoms with Gasteiger partial charge in [0.15, 0.2) is 0 Å². The van der Waals surface area contributed by atoms with Gasteiger partial charge in [0.2, 0.25) is 10.0 Å². The quantitative estimate of drug-likeness (QED) is 0.800. The average molecular weight is 306 g/mol. The molecule has 1 aliphatic heterocycles. The number of sulfone groups is 1. The maximum absolute atomic E-state index is 12.2. The van der Waals surface area contributed by atoms with Crippen LogP contribution >= 0.6 is 0 Å². The third-order valence-corrected chi connectivity index (χ3v) is 7.63. The van der Waals surface area contributed by atoms with Crippen LogP contribution in [0.2, 0.25) is 0 Å². The van der Waals surface area contributed by atoms with Crippen LogP contribution in [0, 0.1) is 17.2 Å². The maximum atomic E-state index is 12.2. The van der Waals surface area contributed by atoms with Gasteiger partial charge in [-0.2, -0.15) is 5.26 Å². The van der Waals surface area contributed by atoms with Gasteiger partial charge in [0.05, 0.1) is 28.7 Å². The van der Waals surface area contributed by atoms with Gasteiger partial charge in [0.25, 0.3) is 0 Å². The van der Waals surface area contributed by atoms with Gasteiger partial charge in [-0.3, -0.25) is 0 Å². The fourth-order valence-electron chi connectivity index (χ4n) is 2.74. The fraction of sp³-hybridized carbons (Fsp3) is 0.909. The Kier molecular flexibility index (Phi) is 4.18.